The van der Waals surface area contributed by atoms with E-state index in [1.807, 2.05) is 17.9 Å². The van der Waals surface area contributed by atoms with Gasteiger partial charge in [0.2, 0.25) is 0 Å². The van der Waals surface area contributed by atoms with E-state index >= 15 is 0 Å². The number of aryl methyl sites for hydroxylation is 2. The topological polar surface area (TPSA) is 50.1 Å². The van der Waals surface area contributed by atoms with Crippen LogP contribution in [0.3, 0.4) is 0 Å². The highest BCUT2D eigenvalue weighted by atomic mass is 15.3. The van der Waals surface area contributed by atoms with Crippen LogP contribution in [0.4, 0.5) is 5.82 Å². The number of fused-ring (bicyclic) bond motifs is 1. The molecule has 0 N–H and O–H groups in total. The molecule has 0 bridgehead atoms. The van der Waals surface area contributed by atoms with Crippen molar-refractivity contribution in [3.05, 3.63) is 59.8 Å². The van der Waals surface area contributed by atoms with Gasteiger partial charge in [-0.05, 0) is 42.5 Å². The van der Waals surface area contributed by atoms with Gasteiger partial charge in [0.1, 0.15) is 5.69 Å². The summed E-state index contributed by atoms with van der Waals surface area (Å²) in [5.74, 6) is 1.72. The van der Waals surface area contributed by atoms with Crippen molar-refractivity contribution in [2.45, 2.75) is 25.9 Å². The first kappa shape index (κ1) is 17.4. The highest BCUT2D eigenvalue weighted by Crippen LogP contribution is 2.35. The Morgan fingerprint density at radius 1 is 1.04 bits per heavy atom. The monoisotopic (exact) mass is 374 g/mol. The van der Waals surface area contributed by atoms with Gasteiger partial charge in [0.15, 0.2) is 5.82 Å². The number of benzene rings is 1. The quantitative estimate of drug-likeness (QED) is 0.703. The molecule has 6 heteroatoms. The Morgan fingerprint density at radius 3 is 2.61 bits per heavy atom. The summed E-state index contributed by atoms with van der Waals surface area (Å²) in [5, 5.41) is 13.4. The van der Waals surface area contributed by atoms with Gasteiger partial charge in [-0.3, -0.25) is 9.58 Å². The second-order valence-corrected chi connectivity index (χ2v) is 8.07. The Balaban J connectivity index is 1.31. The fraction of sp³-hybridized carbons (Fsp3) is 0.409. The van der Waals surface area contributed by atoms with E-state index in [0.29, 0.717) is 6.04 Å². The molecule has 3 aromatic rings. The van der Waals surface area contributed by atoms with Gasteiger partial charge in [0.05, 0.1) is 11.9 Å². The van der Waals surface area contributed by atoms with Gasteiger partial charge in [-0.25, -0.2) is 0 Å². The molecular formula is C22H26N6. The van der Waals surface area contributed by atoms with Gasteiger partial charge < -0.3 is 4.90 Å². The lowest BCUT2D eigenvalue weighted by molar-refractivity contribution is 0.309. The van der Waals surface area contributed by atoms with Crippen molar-refractivity contribution < 1.29 is 0 Å². The first-order valence-corrected chi connectivity index (χ1v) is 10.0. The van der Waals surface area contributed by atoms with Crippen LogP contribution in [0.1, 0.15) is 17.5 Å². The summed E-state index contributed by atoms with van der Waals surface area (Å²) in [4.78, 5) is 5.04. The number of aromatic nitrogens is 4. The van der Waals surface area contributed by atoms with E-state index in [2.05, 4.69) is 74.5 Å². The zero-order valence-electron chi connectivity index (χ0n) is 16.5. The summed E-state index contributed by atoms with van der Waals surface area (Å²) in [5.41, 5.74) is 4.44. The number of hydrogen-bond donors (Lipinski definition) is 0. The largest absolute Gasteiger partial charge is 0.351 e. The average molecular weight is 374 g/mol. The van der Waals surface area contributed by atoms with Crippen molar-refractivity contribution in [3.63, 3.8) is 0 Å². The molecule has 2 aliphatic heterocycles. The zero-order chi connectivity index (χ0) is 19.1. The molecule has 4 heterocycles. The Hall–Kier alpha value is -2.73. The van der Waals surface area contributed by atoms with Crippen LogP contribution in [0.15, 0.2) is 48.7 Å². The van der Waals surface area contributed by atoms with Crippen LogP contribution in [0.2, 0.25) is 0 Å². The lowest BCUT2D eigenvalue weighted by Crippen LogP contribution is -2.35. The number of likely N-dealkylation sites (tertiary alicyclic amines) is 1. The van der Waals surface area contributed by atoms with Gasteiger partial charge in [0.25, 0.3) is 0 Å². The molecule has 144 valence electrons. The van der Waals surface area contributed by atoms with Crippen LogP contribution in [0, 0.1) is 12.8 Å². The van der Waals surface area contributed by atoms with Crippen LogP contribution >= 0.6 is 0 Å². The molecule has 0 spiro atoms. The summed E-state index contributed by atoms with van der Waals surface area (Å²) < 4.78 is 1.86. The molecule has 2 atom stereocenters. The summed E-state index contributed by atoms with van der Waals surface area (Å²) in [6.45, 7) is 6.45. The Kier molecular flexibility index (Phi) is 4.36. The van der Waals surface area contributed by atoms with Crippen molar-refractivity contribution in [1.29, 1.82) is 0 Å². The fourth-order valence-corrected chi connectivity index (χ4v) is 4.82. The van der Waals surface area contributed by atoms with Crippen LogP contribution < -0.4 is 4.90 Å². The second-order valence-electron chi connectivity index (χ2n) is 8.07. The fourth-order valence-electron chi connectivity index (χ4n) is 4.82. The predicted molar refractivity (Wildman–Crippen MR) is 110 cm³/mol. The Morgan fingerprint density at radius 2 is 1.89 bits per heavy atom. The smallest absolute Gasteiger partial charge is 0.151 e. The van der Waals surface area contributed by atoms with Crippen molar-refractivity contribution in [2.75, 3.05) is 24.5 Å². The standard InChI is InChI=1S/C22H26N6/c1-16-12-23-26(2)22(16)19-8-9-21(25-24-19)28-11-10-18-14-27(15-20(18)28)13-17-6-4-3-5-7-17/h3-9,12,18,20H,10-11,13-15H2,1-2H3. The third-order valence-electron chi connectivity index (χ3n) is 6.18. The summed E-state index contributed by atoms with van der Waals surface area (Å²) in [6, 6.07) is 15.5. The summed E-state index contributed by atoms with van der Waals surface area (Å²) in [7, 11) is 1.95. The van der Waals surface area contributed by atoms with Crippen LogP contribution in [-0.4, -0.2) is 50.6 Å². The minimum Gasteiger partial charge on any atom is -0.351 e. The first-order valence-electron chi connectivity index (χ1n) is 10.0. The zero-order valence-corrected chi connectivity index (χ0v) is 16.5. The Labute approximate surface area is 165 Å². The maximum Gasteiger partial charge on any atom is 0.151 e. The van der Waals surface area contributed by atoms with Crippen molar-refractivity contribution in [1.82, 2.24) is 24.9 Å². The van der Waals surface area contributed by atoms with Gasteiger partial charge >= 0.3 is 0 Å². The summed E-state index contributed by atoms with van der Waals surface area (Å²) in [6.07, 6.45) is 3.11. The van der Waals surface area contributed by atoms with Gasteiger partial charge in [-0.2, -0.15) is 5.10 Å². The molecule has 2 unspecified atom stereocenters. The third-order valence-corrected chi connectivity index (χ3v) is 6.18. The van der Waals surface area contributed by atoms with Crippen molar-refractivity contribution in [2.24, 2.45) is 13.0 Å². The van der Waals surface area contributed by atoms with Crippen molar-refractivity contribution >= 4 is 5.82 Å². The maximum absolute atomic E-state index is 4.58. The second kappa shape index (κ2) is 7.02. The van der Waals surface area contributed by atoms with Crippen molar-refractivity contribution in [3.8, 4) is 11.4 Å². The normalized spacial score (nSPS) is 22.0. The predicted octanol–water partition coefficient (Wildman–Crippen LogP) is 2.90. The highest BCUT2D eigenvalue weighted by Gasteiger charge is 2.41. The van der Waals surface area contributed by atoms with Crippen LogP contribution in [-0.2, 0) is 13.6 Å². The van der Waals surface area contributed by atoms with Crippen LogP contribution in [0.25, 0.3) is 11.4 Å². The molecule has 2 aliphatic rings. The molecule has 2 aromatic heterocycles. The molecule has 0 saturated carbocycles. The Bertz CT molecular complexity index is 929. The van der Waals surface area contributed by atoms with Gasteiger partial charge in [-0.15, -0.1) is 10.2 Å². The molecule has 1 aromatic carbocycles. The minimum absolute atomic E-state index is 0.544. The molecule has 28 heavy (non-hydrogen) atoms. The highest BCUT2D eigenvalue weighted by molar-refractivity contribution is 5.59. The van der Waals surface area contributed by atoms with E-state index in [1.54, 1.807) is 0 Å². The maximum atomic E-state index is 4.58. The number of hydrogen-bond acceptors (Lipinski definition) is 5. The minimum atomic E-state index is 0.544. The lowest BCUT2D eigenvalue weighted by atomic mass is 10.1. The van der Waals surface area contributed by atoms with E-state index < -0.39 is 0 Å². The molecule has 0 amide bonds. The summed E-state index contributed by atoms with van der Waals surface area (Å²) >= 11 is 0. The number of rotatable bonds is 4. The van der Waals surface area contributed by atoms with Gasteiger partial charge in [-0.1, -0.05) is 30.3 Å². The third kappa shape index (κ3) is 3.07. The van der Waals surface area contributed by atoms with Crippen LogP contribution in [0.5, 0.6) is 0 Å². The molecule has 6 nitrogen and oxygen atoms in total. The lowest BCUT2D eigenvalue weighted by Gasteiger charge is -2.25. The number of anilines is 1. The molecule has 2 saturated heterocycles. The molecule has 0 aliphatic carbocycles. The van der Waals surface area contributed by atoms with E-state index in [4.69, 9.17) is 0 Å². The SMILES string of the molecule is Cc1cnn(C)c1-c1ccc(N2CCC3CN(Cc4ccccc4)CC32)nn1. The average Bonchev–Trinajstić information content (AvgIpc) is 3.37. The van der Waals surface area contributed by atoms with E-state index in [9.17, 15) is 0 Å². The number of nitrogens with zero attached hydrogens (tertiary/aromatic N) is 6. The van der Waals surface area contributed by atoms with E-state index in [0.717, 1.165) is 48.3 Å². The molecule has 5 rings (SSSR count). The first-order chi connectivity index (χ1) is 13.7. The van der Waals surface area contributed by atoms with E-state index in [1.165, 1.54) is 18.5 Å². The van der Waals surface area contributed by atoms with E-state index in [-0.39, 0.29) is 0 Å². The van der Waals surface area contributed by atoms with Gasteiger partial charge in [0, 0.05) is 39.3 Å². The molecule has 0 radical (unpaired) electrons. The molecule has 2 fully saturated rings. The molecular weight excluding hydrogens is 348 g/mol.